The molecule has 1 spiro atoms. The van der Waals surface area contributed by atoms with Gasteiger partial charge in [0.15, 0.2) is 0 Å². The second kappa shape index (κ2) is 13.9. The number of benzene rings is 2. The molecule has 12 nitrogen and oxygen atoms in total. The number of nitrogens with zero attached hydrogens (tertiary/aromatic N) is 5. The molecule has 4 atom stereocenters. The van der Waals surface area contributed by atoms with E-state index in [4.69, 9.17) is 19.7 Å². The molecular weight excluding hydrogens is 681 g/mol. The van der Waals surface area contributed by atoms with Crippen LogP contribution in [0, 0.1) is 23.2 Å². The SMILES string of the molecule is COC(=O)N[C@H](C(=O)N1CCC[C@H]1c1ncc(-c2ccc3nc(-c4ccc5nc([C@@H]6CC7(CC7)CN6C(=O)[C@@H](C)C(C)C)[nH]c5c4)ccc3c2)[nH]1)C(C)C. The van der Waals surface area contributed by atoms with Gasteiger partial charge < -0.3 is 29.8 Å². The summed E-state index contributed by atoms with van der Waals surface area (Å²) >= 11 is 0. The number of imidazole rings is 2. The van der Waals surface area contributed by atoms with Crippen LogP contribution in [0.1, 0.15) is 90.5 Å². The smallest absolute Gasteiger partial charge is 0.407 e. The van der Waals surface area contributed by atoms with Crippen molar-refractivity contribution in [3.05, 3.63) is 66.4 Å². The van der Waals surface area contributed by atoms with Gasteiger partial charge in [0, 0.05) is 35.5 Å². The molecule has 0 radical (unpaired) electrons. The highest BCUT2D eigenvalue weighted by Gasteiger charge is 2.54. The van der Waals surface area contributed by atoms with Gasteiger partial charge in [-0.25, -0.2) is 19.7 Å². The van der Waals surface area contributed by atoms with Crippen LogP contribution < -0.4 is 5.32 Å². The van der Waals surface area contributed by atoms with Crippen LogP contribution in [-0.2, 0) is 14.3 Å². The molecule has 282 valence electrons. The molecule has 2 saturated heterocycles. The molecule has 3 N–H and O–H groups in total. The fourth-order valence-electron chi connectivity index (χ4n) is 8.26. The van der Waals surface area contributed by atoms with E-state index >= 15 is 0 Å². The van der Waals surface area contributed by atoms with Gasteiger partial charge in [0.1, 0.15) is 17.7 Å². The van der Waals surface area contributed by atoms with Crippen LogP contribution >= 0.6 is 0 Å². The molecule has 5 aromatic rings. The third kappa shape index (κ3) is 6.60. The van der Waals surface area contributed by atoms with Crippen LogP contribution in [0.15, 0.2) is 54.7 Å². The van der Waals surface area contributed by atoms with Gasteiger partial charge in [-0.2, -0.15) is 0 Å². The molecule has 3 aromatic heterocycles. The fraction of sp³-hybridized carbons (Fsp3) is 0.476. The van der Waals surface area contributed by atoms with Gasteiger partial charge in [-0.15, -0.1) is 0 Å². The Kier molecular flexibility index (Phi) is 9.18. The number of rotatable bonds is 9. The van der Waals surface area contributed by atoms with Gasteiger partial charge in [0.25, 0.3) is 0 Å². The summed E-state index contributed by atoms with van der Waals surface area (Å²) in [4.78, 5) is 64.8. The van der Waals surface area contributed by atoms with E-state index in [1.54, 1.807) is 0 Å². The highest BCUT2D eigenvalue weighted by molar-refractivity contribution is 5.88. The van der Waals surface area contributed by atoms with E-state index in [-0.39, 0.29) is 41.1 Å². The summed E-state index contributed by atoms with van der Waals surface area (Å²) in [5, 5.41) is 3.71. The number of alkyl carbamates (subject to hydrolysis) is 1. The van der Waals surface area contributed by atoms with E-state index in [1.807, 2.05) is 56.1 Å². The summed E-state index contributed by atoms with van der Waals surface area (Å²) < 4.78 is 4.77. The second-order valence-corrected chi connectivity index (χ2v) is 16.4. The number of H-pyrrole nitrogens is 2. The molecule has 12 heteroatoms. The quantitative estimate of drug-likeness (QED) is 0.142. The molecule has 0 unspecified atom stereocenters. The number of carbonyl (C=O) groups is 3. The lowest BCUT2D eigenvalue weighted by atomic mass is 9.96. The third-order valence-corrected chi connectivity index (χ3v) is 12.1. The number of methoxy groups -OCH3 is 1. The van der Waals surface area contributed by atoms with E-state index in [1.165, 1.54) is 20.0 Å². The Hall–Kier alpha value is -5.26. The summed E-state index contributed by atoms with van der Waals surface area (Å²) in [5.74, 6) is 1.87. The first-order valence-corrected chi connectivity index (χ1v) is 19.3. The van der Waals surface area contributed by atoms with Gasteiger partial charge in [0.2, 0.25) is 11.8 Å². The Morgan fingerprint density at radius 2 is 1.63 bits per heavy atom. The lowest BCUT2D eigenvalue weighted by Crippen LogP contribution is -2.51. The predicted octanol–water partition coefficient (Wildman–Crippen LogP) is 7.56. The average molecular weight is 731 g/mol. The highest BCUT2D eigenvalue weighted by atomic mass is 16.5. The Bertz CT molecular complexity index is 2240. The normalized spacial score (nSPS) is 20.4. The van der Waals surface area contributed by atoms with Crippen molar-refractivity contribution in [3.8, 4) is 22.5 Å². The molecule has 1 aliphatic carbocycles. The lowest BCUT2D eigenvalue weighted by molar-refractivity contribution is -0.137. The first kappa shape index (κ1) is 35.8. The zero-order chi connectivity index (χ0) is 37.9. The Morgan fingerprint density at radius 3 is 2.37 bits per heavy atom. The Labute approximate surface area is 315 Å². The summed E-state index contributed by atoms with van der Waals surface area (Å²) in [6, 6.07) is 15.6. The van der Waals surface area contributed by atoms with E-state index in [0.29, 0.717) is 12.5 Å². The first-order chi connectivity index (χ1) is 25.9. The number of ether oxygens (including phenoxy) is 1. The van der Waals surface area contributed by atoms with Crippen molar-refractivity contribution in [3.63, 3.8) is 0 Å². The van der Waals surface area contributed by atoms with E-state index in [2.05, 4.69) is 58.3 Å². The lowest BCUT2D eigenvalue weighted by Gasteiger charge is -2.30. The highest BCUT2D eigenvalue weighted by Crippen LogP contribution is 2.58. The van der Waals surface area contributed by atoms with Crippen LogP contribution in [0.4, 0.5) is 4.79 Å². The molecule has 3 aliphatic rings. The Morgan fingerprint density at radius 1 is 0.852 bits per heavy atom. The van der Waals surface area contributed by atoms with Crippen molar-refractivity contribution in [2.75, 3.05) is 20.2 Å². The number of likely N-dealkylation sites (tertiary alicyclic amines) is 2. The second-order valence-electron chi connectivity index (χ2n) is 16.4. The summed E-state index contributed by atoms with van der Waals surface area (Å²) in [6.45, 7) is 11.5. The van der Waals surface area contributed by atoms with Gasteiger partial charge in [-0.05, 0) is 79.7 Å². The van der Waals surface area contributed by atoms with Crippen molar-refractivity contribution in [2.24, 2.45) is 23.2 Å². The van der Waals surface area contributed by atoms with Crippen LogP contribution in [0.25, 0.3) is 44.5 Å². The molecule has 54 heavy (non-hydrogen) atoms. The third-order valence-electron chi connectivity index (χ3n) is 12.1. The Balaban J connectivity index is 1.00. The van der Waals surface area contributed by atoms with Crippen molar-refractivity contribution in [2.45, 2.75) is 84.8 Å². The van der Waals surface area contributed by atoms with Crippen LogP contribution in [0.5, 0.6) is 0 Å². The maximum absolute atomic E-state index is 13.6. The molecule has 5 heterocycles. The summed E-state index contributed by atoms with van der Waals surface area (Å²) in [5.41, 5.74) is 6.66. The molecule has 3 amide bonds. The maximum atomic E-state index is 13.6. The number of pyridine rings is 1. The number of carbonyl (C=O) groups excluding carboxylic acids is 3. The number of amides is 3. The number of hydrogen-bond acceptors (Lipinski definition) is 7. The minimum atomic E-state index is -0.683. The largest absolute Gasteiger partial charge is 0.453 e. The molecule has 3 fully saturated rings. The van der Waals surface area contributed by atoms with Gasteiger partial charge in [0.05, 0.1) is 53.3 Å². The predicted molar refractivity (Wildman–Crippen MR) is 207 cm³/mol. The van der Waals surface area contributed by atoms with Crippen molar-refractivity contribution >= 4 is 39.8 Å². The molecular formula is C42H50N8O4. The number of aromatic amines is 2. The van der Waals surface area contributed by atoms with Crippen LogP contribution in [0.3, 0.4) is 0 Å². The molecule has 8 rings (SSSR count). The van der Waals surface area contributed by atoms with E-state index in [0.717, 1.165) is 81.9 Å². The molecule has 2 aromatic carbocycles. The van der Waals surface area contributed by atoms with E-state index < -0.39 is 12.1 Å². The number of fused-ring (bicyclic) bond motifs is 2. The summed E-state index contributed by atoms with van der Waals surface area (Å²) in [6.07, 6.45) is 6.18. The van der Waals surface area contributed by atoms with Gasteiger partial charge >= 0.3 is 6.09 Å². The zero-order valence-corrected chi connectivity index (χ0v) is 32.0. The van der Waals surface area contributed by atoms with Gasteiger partial charge in [-0.3, -0.25) is 9.59 Å². The monoisotopic (exact) mass is 730 g/mol. The summed E-state index contributed by atoms with van der Waals surface area (Å²) in [7, 11) is 1.30. The zero-order valence-electron chi connectivity index (χ0n) is 32.0. The molecule has 2 aliphatic heterocycles. The van der Waals surface area contributed by atoms with Crippen LogP contribution in [-0.4, -0.2) is 78.9 Å². The number of nitrogens with one attached hydrogen (secondary N) is 3. The topological polar surface area (TPSA) is 149 Å². The fourth-order valence-corrected chi connectivity index (χ4v) is 8.26. The average Bonchev–Trinajstić information content (AvgIpc) is 3.66. The molecule has 1 saturated carbocycles. The maximum Gasteiger partial charge on any atom is 0.407 e. The standard InChI is InChI=1S/C42H50N8O4/c1-23(2)25(5)39(51)50-22-42(15-16-42)20-35(50)38-45-31-14-11-28(19-32(31)46-38)30-12-9-26-18-27(10-13-29(26)44-30)33-21-43-37(47-33)34-8-7-17-49(34)40(52)36(24(3)4)48-41(53)54-6/h9-14,18-19,21,23-25,34-36H,7-8,15-17,20,22H2,1-6H3,(H,43,47)(H,45,46)(H,48,53)/t25-,34-,35-,36-/m0/s1. The van der Waals surface area contributed by atoms with Crippen molar-refractivity contribution < 1.29 is 19.1 Å². The first-order valence-electron chi connectivity index (χ1n) is 19.3. The van der Waals surface area contributed by atoms with Crippen molar-refractivity contribution in [1.82, 2.24) is 40.0 Å². The number of aromatic nitrogens is 5. The minimum absolute atomic E-state index is 0.0219. The molecule has 0 bridgehead atoms. The van der Waals surface area contributed by atoms with Gasteiger partial charge in [-0.1, -0.05) is 52.8 Å². The van der Waals surface area contributed by atoms with E-state index in [9.17, 15) is 14.4 Å². The minimum Gasteiger partial charge on any atom is -0.453 e. The number of hydrogen-bond donors (Lipinski definition) is 3. The van der Waals surface area contributed by atoms with Crippen molar-refractivity contribution in [1.29, 1.82) is 0 Å². The van der Waals surface area contributed by atoms with Crippen LogP contribution in [0.2, 0.25) is 0 Å².